The van der Waals surface area contributed by atoms with E-state index in [0.29, 0.717) is 22.3 Å². The molecule has 0 atom stereocenters. The van der Waals surface area contributed by atoms with Crippen molar-refractivity contribution in [1.82, 2.24) is 0 Å². The molecule has 0 fully saturated rings. The predicted octanol–water partition coefficient (Wildman–Crippen LogP) is 9.76. The van der Waals surface area contributed by atoms with Gasteiger partial charge in [0.15, 0.2) is 0 Å². The van der Waals surface area contributed by atoms with E-state index in [-0.39, 0.29) is 0 Å². The number of nitriles is 4. The molecule has 0 saturated carbocycles. The minimum atomic E-state index is 0.422. The highest BCUT2D eigenvalue weighted by molar-refractivity contribution is 6.05. The zero-order valence-electron chi connectivity index (χ0n) is 24.4. The van der Waals surface area contributed by atoms with Crippen LogP contribution in [0.2, 0.25) is 0 Å². The molecule has 0 saturated heterocycles. The maximum atomic E-state index is 9.70. The van der Waals surface area contributed by atoms with Gasteiger partial charge in [0.1, 0.15) is 0 Å². The zero-order chi connectivity index (χ0) is 31.6. The molecular weight excluding hydrogens is 564 g/mol. The number of anilines is 6. The summed E-state index contributed by atoms with van der Waals surface area (Å²) in [6.07, 6.45) is 0. The summed E-state index contributed by atoms with van der Waals surface area (Å²) in [4.78, 5) is 4.43. The van der Waals surface area contributed by atoms with Crippen molar-refractivity contribution in [3.8, 4) is 46.5 Å². The second kappa shape index (κ2) is 11.5. The monoisotopic (exact) mass is 586 g/mol. The lowest BCUT2D eigenvalue weighted by Crippen LogP contribution is -2.24. The normalized spacial score (nSPS) is 11.3. The lowest BCUT2D eigenvalue weighted by Gasteiger charge is -2.41. The van der Waals surface area contributed by atoms with Crippen LogP contribution in [0.1, 0.15) is 22.3 Å². The molecule has 1 aliphatic rings. The van der Waals surface area contributed by atoms with Crippen LogP contribution < -0.4 is 9.80 Å². The van der Waals surface area contributed by atoms with Crippen molar-refractivity contribution in [2.45, 2.75) is 0 Å². The van der Waals surface area contributed by atoms with Gasteiger partial charge in [0.25, 0.3) is 0 Å². The molecule has 0 N–H and O–H groups in total. The fraction of sp³-hybridized carbons (Fsp3) is 0. The van der Waals surface area contributed by atoms with Crippen LogP contribution in [0, 0.1) is 45.3 Å². The van der Waals surface area contributed by atoms with E-state index in [0.717, 1.165) is 56.4 Å². The van der Waals surface area contributed by atoms with Crippen molar-refractivity contribution in [2.24, 2.45) is 0 Å². The van der Waals surface area contributed by atoms with Gasteiger partial charge in [-0.05, 0) is 83.9 Å². The first-order valence-electron chi connectivity index (χ1n) is 14.5. The number of benzene rings is 6. The second-order valence-corrected chi connectivity index (χ2v) is 10.7. The maximum Gasteiger partial charge on any atom is 0.0992 e. The first kappa shape index (κ1) is 27.7. The lowest BCUT2D eigenvalue weighted by molar-refractivity contribution is 1.17. The highest BCUT2D eigenvalue weighted by Gasteiger charge is 2.32. The molecule has 6 heteroatoms. The number of fused-ring (bicyclic) bond motifs is 2. The van der Waals surface area contributed by atoms with Crippen LogP contribution >= 0.6 is 0 Å². The van der Waals surface area contributed by atoms with Gasteiger partial charge in [0.2, 0.25) is 0 Å². The molecule has 212 valence electrons. The highest BCUT2D eigenvalue weighted by atomic mass is 15.3. The molecule has 6 aromatic rings. The summed E-state index contributed by atoms with van der Waals surface area (Å²) in [5, 5.41) is 38.8. The number of hydrogen-bond donors (Lipinski definition) is 0. The van der Waals surface area contributed by atoms with Gasteiger partial charge in [-0.1, -0.05) is 60.7 Å². The Kier molecular flexibility index (Phi) is 6.94. The quantitative estimate of drug-likeness (QED) is 0.203. The average molecular weight is 587 g/mol. The molecule has 0 amide bonds. The SMILES string of the molecule is N#Cc1cc(C#N)cc(-c2ccccc2N2c3ccccc3N(c3ccccc3-c3cc(C#N)cc(C#N)c3)c3ccccc32)c1. The Morgan fingerprint density at radius 2 is 0.587 bits per heavy atom. The molecular formula is C40H22N6. The summed E-state index contributed by atoms with van der Waals surface area (Å²) in [6, 6.07) is 51.6. The van der Waals surface area contributed by atoms with Crippen molar-refractivity contribution in [3.63, 3.8) is 0 Å². The van der Waals surface area contributed by atoms with Crippen LogP contribution in [0.15, 0.2) is 133 Å². The van der Waals surface area contributed by atoms with Crippen LogP contribution in [-0.4, -0.2) is 0 Å². The molecule has 0 bridgehead atoms. The van der Waals surface area contributed by atoms with E-state index in [1.165, 1.54) is 0 Å². The predicted molar refractivity (Wildman–Crippen MR) is 179 cm³/mol. The van der Waals surface area contributed by atoms with Crippen molar-refractivity contribution >= 4 is 34.1 Å². The summed E-state index contributed by atoms with van der Waals surface area (Å²) in [7, 11) is 0. The van der Waals surface area contributed by atoms with Gasteiger partial charge >= 0.3 is 0 Å². The minimum Gasteiger partial charge on any atom is -0.306 e. The molecule has 1 aliphatic heterocycles. The van der Waals surface area contributed by atoms with E-state index >= 15 is 0 Å². The fourth-order valence-electron chi connectivity index (χ4n) is 6.11. The average Bonchev–Trinajstić information content (AvgIpc) is 3.13. The largest absolute Gasteiger partial charge is 0.306 e. The van der Waals surface area contributed by atoms with Crippen molar-refractivity contribution in [3.05, 3.63) is 156 Å². The third-order valence-corrected chi connectivity index (χ3v) is 8.02. The maximum absolute atomic E-state index is 9.70. The van der Waals surface area contributed by atoms with E-state index in [9.17, 15) is 21.0 Å². The van der Waals surface area contributed by atoms with E-state index in [1.54, 1.807) is 12.1 Å². The minimum absolute atomic E-state index is 0.422. The van der Waals surface area contributed by atoms with Crippen LogP contribution in [0.4, 0.5) is 34.1 Å². The van der Waals surface area contributed by atoms with Gasteiger partial charge in [-0.15, -0.1) is 0 Å². The summed E-state index contributed by atoms with van der Waals surface area (Å²) in [5.74, 6) is 0. The Labute approximate surface area is 266 Å². The van der Waals surface area contributed by atoms with Crippen LogP contribution in [0.3, 0.4) is 0 Å². The van der Waals surface area contributed by atoms with Gasteiger partial charge in [-0.2, -0.15) is 21.0 Å². The first-order chi connectivity index (χ1) is 22.6. The van der Waals surface area contributed by atoms with E-state index < -0.39 is 0 Å². The summed E-state index contributed by atoms with van der Waals surface area (Å²) in [5.41, 5.74) is 10.5. The van der Waals surface area contributed by atoms with Crippen LogP contribution in [0.25, 0.3) is 22.3 Å². The standard InChI is InChI=1S/C40H22N6/c41-23-27-17-28(24-42)20-31(19-27)33-9-1-3-11-35(33)45-37-13-5-7-15-39(37)46(40-16-8-6-14-38(40)45)36-12-4-2-10-34(36)32-21-29(25-43)18-30(22-32)26-44/h1-22H. The third kappa shape index (κ3) is 4.67. The first-order valence-corrected chi connectivity index (χ1v) is 14.5. The van der Waals surface area contributed by atoms with E-state index in [4.69, 9.17) is 0 Å². The Bertz CT molecular complexity index is 2070. The van der Waals surface area contributed by atoms with Gasteiger partial charge in [-0.25, -0.2) is 0 Å². The third-order valence-electron chi connectivity index (χ3n) is 8.02. The summed E-state index contributed by atoms with van der Waals surface area (Å²) in [6.45, 7) is 0. The Balaban J connectivity index is 1.47. The molecule has 0 unspecified atom stereocenters. The molecule has 7 rings (SSSR count). The molecule has 1 heterocycles. The number of hydrogen-bond acceptors (Lipinski definition) is 6. The van der Waals surface area contributed by atoms with Crippen molar-refractivity contribution in [2.75, 3.05) is 9.80 Å². The van der Waals surface area contributed by atoms with Crippen LogP contribution in [0.5, 0.6) is 0 Å². The van der Waals surface area contributed by atoms with E-state index in [2.05, 4.69) is 70.5 Å². The molecule has 0 spiro atoms. The summed E-state index contributed by atoms with van der Waals surface area (Å²) >= 11 is 0. The van der Waals surface area contributed by atoms with Gasteiger partial charge < -0.3 is 9.80 Å². The Morgan fingerprint density at radius 3 is 0.870 bits per heavy atom. The van der Waals surface area contributed by atoms with Gasteiger partial charge in [0.05, 0.1) is 80.7 Å². The summed E-state index contributed by atoms with van der Waals surface area (Å²) < 4.78 is 0. The van der Waals surface area contributed by atoms with E-state index in [1.807, 2.05) is 84.9 Å². The van der Waals surface area contributed by atoms with Gasteiger partial charge in [0, 0.05) is 11.1 Å². The molecule has 6 aromatic carbocycles. The number of rotatable bonds is 4. The topological polar surface area (TPSA) is 102 Å². The lowest BCUT2D eigenvalue weighted by atomic mass is 9.95. The molecule has 6 nitrogen and oxygen atoms in total. The molecule has 0 radical (unpaired) electrons. The second-order valence-electron chi connectivity index (χ2n) is 10.7. The smallest absolute Gasteiger partial charge is 0.0992 e. The van der Waals surface area contributed by atoms with Gasteiger partial charge in [-0.3, -0.25) is 0 Å². The van der Waals surface area contributed by atoms with Crippen molar-refractivity contribution < 1.29 is 0 Å². The molecule has 46 heavy (non-hydrogen) atoms. The zero-order valence-corrected chi connectivity index (χ0v) is 24.4. The molecule has 0 aliphatic carbocycles. The highest BCUT2D eigenvalue weighted by Crippen LogP contribution is 2.56. The number of para-hydroxylation sites is 6. The fourth-order valence-corrected chi connectivity index (χ4v) is 6.11. The Hall–Kier alpha value is -7.12. The molecule has 0 aromatic heterocycles. The van der Waals surface area contributed by atoms with Crippen molar-refractivity contribution in [1.29, 1.82) is 21.0 Å². The Morgan fingerprint density at radius 1 is 0.326 bits per heavy atom. The van der Waals surface area contributed by atoms with Crippen LogP contribution in [-0.2, 0) is 0 Å². The number of nitrogens with zero attached hydrogens (tertiary/aromatic N) is 6.